The van der Waals surface area contributed by atoms with Gasteiger partial charge < -0.3 is 5.32 Å². The number of hydrogen-bond acceptors (Lipinski definition) is 7. The van der Waals surface area contributed by atoms with Crippen LogP contribution in [0.2, 0.25) is 0 Å². The Balaban J connectivity index is 1.38. The van der Waals surface area contributed by atoms with Crippen molar-refractivity contribution in [2.45, 2.75) is 69.2 Å². The molecule has 0 radical (unpaired) electrons. The standard InChI is InChI=1S/C28H32F3N7O3S/c1-3-36(4-2)17-20-11-12-23-24(33-20)9-6-10-25(23)37-18-21(34-35-37)16-26-27(39)32-13-14-38(26)42(40,41)22-8-5-7-19(15-22)28(29,30)31/h5,7-8,11-15,18,25-26H,3-4,6,9-10,16-17H2,1-2H3,(H,32,39). The van der Waals surface area contributed by atoms with Gasteiger partial charge in [-0.25, -0.2) is 13.1 Å². The van der Waals surface area contributed by atoms with Crippen molar-refractivity contribution in [2.24, 2.45) is 0 Å². The van der Waals surface area contributed by atoms with Crippen molar-refractivity contribution in [3.63, 3.8) is 0 Å². The van der Waals surface area contributed by atoms with Gasteiger partial charge >= 0.3 is 6.18 Å². The van der Waals surface area contributed by atoms with Crippen molar-refractivity contribution in [1.29, 1.82) is 0 Å². The van der Waals surface area contributed by atoms with Crippen LogP contribution in [0, 0.1) is 0 Å². The Morgan fingerprint density at radius 1 is 1.12 bits per heavy atom. The fourth-order valence-electron chi connectivity index (χ4n) is 5.37. The zero-order valence-corrected chi connectivity index (χ0v) is 24.1. The molecule has 1 amide bonds. The monoisotopic (exact) mass is 603 g/mol. The third-order valence-electron chi connectivity index (χ3n) is 7.67. The van der Waals surface area contributed by atoms with E-state index in [1.807, 2.05) is 6.07 Å². The minimum Gasteiger partial charge on any atom is -0.329 e. The molecule has 3 aromatic rings. The highest BCUT2D eigenvalue weighted by Gasteiger charge is 2.38. The van der Waals surface area contributed by atoms with Gasteiger partial charge in [0.1, 0.15) is 6.04 Å². The fourth-order valence-corrected chi connectivity index (χ4v) is 6.87. The predicted octanol–water partition coefficient (Wildman–Crippen LogP) is 3.66. The van der Waals surface area contributed by atoms with E-state index in [-0.39, 0.29) is 12.5 Å². The van der Waals surface area contributed by atoms with Gasteiger partial charge in [0.15, 0.2) is 0 Å². The summed E-state index contributed by atoms with van der Waals surface area (Å²) < 4.78 is 69.1. The average molecular weight is 604 g/mol. The number of benzene rings is 1. The lowest BCUT2D eigenvalue weighted by Gasteiger charge is -2.31. The quantitative estimate of drug-likeness (QED) is 0.397. The number of fused-ring (bicyclic) bond motifs is 1. The van der Waals surface area contributed by atoms with Crippen LogP contribution in [0.4, 0.5) is 13.2 Å². The van der Waals surface area contributed by atoms with E-state index in [2.05, 4.69) is 40.4 Å². The first-order valence-electron chi connectivity index (χ1n) is 13.8. The number of alkyl halides is 3. The number of amides is 1. The summed E-state index contributed by atoms with van der Waals surface area (Å²) in [5.74, 6) is -0.629. The maximum atomic E-state index is 13.4. The molecule has 1 aromatic carbocycles. The fraction of sp³-hybridized carbons (Fsp3) is 0.429. The van der Waals surface area contributed by atoms with E-state index in [1.165, 1.54) is 0 Å². The highest BCUT2D eigenvalue weighted by atomic mass is 32.2. The molecular weight excluding hydrogens is 571 g/mol. The Morgan fingerprint density at radius 2 is 1.90 bits per heavy atom. The zero-order valence-electron chi connectivity index (χ0n) is 23.3. The van der Waals surface area contributed by atoms with Gasteiger partial charge in [-0.2, -0.15) is 13.2 Å². The molecule has 5 rings (SSSR count). The summed E-state index contributed by atoms with van der Waals surface area (Å²) in [6.45, 7) is 6.89. The molecule has 0 fully saturated rings. The molecule has 1 aliphatic carbocycles. The maximum Gasteiger partial charge on any atom is 0.416 e. The van der Waals surface area contributed by atoms with Crippen molar-refractivity contribution in [2.75, 3.05) is 13.1 Å². The number of pyridine rings is 1. The van der Waals surface area contributed by atoms with Crippen molar-refractivity contribution < 1.29 is 26.4 Å². The molecule has 0 saturated heterocycles. The van der Waals surface area contributed by atoms with Crippen molar-refractivity contribution in [3.05, 3.63) is 83.2 Å². The first-order chi connectivity index (χ1) is 20.0. The number of sulfonamides is 1. The van der Waals surface area contributed by atoms with Crippen LogP contribution in [0.5, 0.6) is 0 Å². The molecule has 3 heterocycles. The molecule has 0 bridgehead atoms. The second kappa shape index (κ2) is 11.8. The molecule has 42 heavy (non-hydrogen) atoms. The summed E-state index contributed by atoms with van der Waals surface area (Å²) >= 11 is 0. The van der Waals surface area contributed by atoms with Crippen LogP contribution in [0.25, 0.3) is 0 Å². The predicted molar refractivity (Wildman–Crippen MR) is 147 cm³/mol. The minimum atomic E-state index is -4.72. The Morgan fingerprint density at radius 3 is 2.64 bits per heavy atom. The van der Waals surface area contributed by atoms with Gasteiger partial charge in [-0.15, -0.1) is 5.10 Å². The summed E-state index contributed by atoms with van der Waals surface area (Å²) in [5.41, 5.74) is 2.34. The number of aryl methyl sites for hydroxylation is 1. The topological polar surface area (TPSA) is 113 Å². The maximum absolute atomic E-state index is 13.4. The van der Waals surface area contributed by atoms with Crippen molar-refractivity contribution in [1.82, 2.24) is 34.5 Å². The van der Waals surface area contributed by atoms with E-state index in [0.717, 1.165) is 90.8 Å². The summed E-state index contributed by atoms with van der Waals surface area (Å²) in [6.07, 6.45) is 1.68. The molecule has 14 heteroatoms. The van der Waals surface area contributed by atoms with E-state index in [4.69, 9.17) is 4.98 Å². The number of carbonyl (C=O) groups is 1. The molecular formula is C28H32F3N7O3S. The van der Waals surface area contributed by atoms with E-state index in [1.54, 1.807) is 10.9 Å². The van der Waals surface area contributed by atoms with Crippen LogP contribution in [-0.2, 0) is 40.4 Å². The Kier molecular flexibility index (Phi) is 8.37. The van der Waals surface area contributed by atoms with Gasteiger partial charge in [0.25, 0.3) is 10.0 Å². The lowest BCUT2D eigenvalue weighted by Crippen LogP contribution is -2.50. The van der Waals surface area contributed by atoms with E-state index in [9.17, 15) is 26.4 Å². The number of rotatable bonds is 9. The molecule has 10 nitrogen and oxygen atoms in total. The summed E-state index contributed by atoms with van der Waals surface area (Å²) in [4.78, 5) is 19.5. The molecule has 1 N–H and O–H groups in total. The highest BCUT2D eigenvalue weighted by Crippen LogP contribution is 2.33. The number of halogens is 3. The summed E-state index contributed by atoms with van der Waals surface area (Å²) in [6, 6.07) is 6.16. The molecule has 2 aromatic heterocycles. The largest absolute Gasteiger partial charge is 0.416 e. The normalized spacial score (nSPS) is 19.2. The number of hydrogen-bond donors (Lipinski definition) is 1. The highest BCUT2D eigenvalue weighted by molar-refractivity contribution is 7.89. The van der Waals surface area contributed by atoms with Crippen LogP contribution >= 0.6 is 0 Å². The number of nitrogens with one attached hydrogen (secondary N) is 1. The van der Waals surface area contributed by atoms with E-state index < -0.39 is 38.6 Å². The van der Waals surface area contributed by atoms with Gasteiger partial charge in [-0.1, -0.05) is 31.2 Å². The number of carbonyl (C=O) groups excluding carboxylic acids is 1. The molecule has 2 atom stereocenters. The van der Waals surface area contributed by atoms with Crippen molar-refractivity contribution >= 4 is 15.9 Å². The molecule has 224 valence electrons. The molecule has 0 saturated carbocycles. The first-order valence-corrected chi connectivity index (χ1v) is 15.2. The third-order valence-corrected chi connectivity index (χ3v) is 9.45. The third kappa shape index (κ3) is 6.04. The smallest absolute Gasteiger partial charge is 0.329 e. The van der Waals surface area contributed by atoms with Crippen LogP contribution in [-0.4, -0.2) is 62.6 Å². The first kappa shape index (κ1) is 29.7. The Bertz CT molecular complexity index is 1590. The lowest BCUT2D eigenvalue weighted by molar-refractivity contribution is -0.137. The Hall–Kier alpha value is -3.78. The van der Waals surface area contributed by atoms with Crippen molar-refractivity contribution in [3.8, 4) is 0 Å². The molecule has 2 unspecified atom stereocenters. The van der Waals surface area contributed by atoms with Crippen LogP contribution in [0.1, 0.15) is 60.9 Å². The molecule has 1 aliphatic heterocycles. The number of nitrogens with zero attached hydrogens (tertiary/aromatic N) is 6. The van der Waals surface area contributed by atoms with E-state index in [0.29, 0.717) is 11.8 Å². The summed E-state index contributed by atoms with van der Waals surface area (Å²) in [5, 5.41) is 11.0. The van der Waals surface area contributed by atoms with Gasteiger partial charge in [-0.05, 0) is 62.2 Å². The molecule has 2 aliphatic rings. The summed E-state index contributed by atoms with van der Waals surface area (Å²) in [7, 11) is -4.50. The molecule has 0 spiro atoms. The lowest BCUT2D eigenvalue weighted by atomic mass is 9.91. The Labute approximate surface area is 242 Å². The van der Waals surface area contributed by atoms with Gasteiger partial charge in [-0.3, -0.25) is 19.0 Å². The van der Waals surface area contributed by atoms with Gasteiger partial charge in [0.2, 0.25) is 5.91 Å². The number of aromatic nitrogens is 4. The van der Waals surface area contributed by atoms with Crippen LogP contribution in [0.15, 0.2) is 59.9 Å². The zero-order chi connectivity index (χ0) is 30.1. The second-order valence-corrected chi connectivity index (χ2v) is 12.1. The van der Waals surface area contributed by atoms with Crippen LogP contribution < -0.4 is 5.32 Å². The van der Waals surface area contributed by atoms with E-state index >= 15 is 0 Å². The SMILES string of the molecule is CCN(CC)Cc1ccc2c(n1)CCCC2n1cc(CC2C(=O)NC=CN2S(=O)(=O)c2cccc(C(F)(F)F)c2)nn1. The minimum absolute atomic E-state index is 0.116. The van der Waals surface area contributed by atoms with Crippen LogP contribution in [0.3, 0.4) is 0 Å². The van der Waals surface area contributed by atoms with Gasteiger partial charge in [0.05, 0.1) is 27.9 Å². The van der Waals surface area contributed by atoms with Gasteiger partial charge in [0, 0.05) is 37.3 Å². The average Bonchev–Trinajstić information content (AvgIpc) is 3.44. The second-order valence-electron chi connectivity index (χ2n) is 10.3.